The Morgan fingerprint density at radius 3 is 2.18 bits per heavy atom. The van der Waals surface area contributed by atoms with Crippen LogP contribution in [0.3, 0.4) is 0 Å². The number of sulfonamides is 1. The maximum Gasteiger partial charge on any atom is 0.252 e. The van der Waals surface area contributed by atoms with E-state index in [0.29, 0.717) is 16.3 Å². The molecule has 0 saturated carbocycles. The van der Waals surface area contributed by atoms with E-state index in [1.165, 1.54) is 24.3 Å². The Morgan fingerprint density at radius 1 is 0.970 bits per heavy atom. The summed E-state index contributed by atoms with van der Waals surface area (Å²) >= 11 is 8.09. The van der Waals surface area contributed by atoms with E-state index in [0.717, 1.165) is 12.8 Å². The van der Waals surface area contributed by atoms with Gasteiger partial charge in [-0.2, -0.15) is 4.31 Å². The van der Waals surface area contributed by atoms with Gasteiger partial charge < -0.3 is 0 Å². The number of halogens is 2. The van der Waals surface area contributed by atoms with Crippen molar-refractivity contribution in [3.8, 4) is 0 Å². The summed E-state index contributed by atoms with van der Waals surface area (Å²) in [6.07, 6.45) is -0.241. The molecule has 1 aliphatic heterocycles. The van der Waals surface area contributed by atoms with Crippen molar-refractivity contribution < 1.29 is 18.0 Å². The van der Waals surface area contributed by atoms with Crippen molar-refractivity contribution in [3.05, 3.63) is 93.0 Å². The van der Waals surface area contributed by atoms with Crippen LogP contribution in [0.25, 0.3) is 0 Å². The standard InChI is InChI=1S/C24H20ClIN2O4S/c1-16(17-5-3-2-4-6-17)28(33(31,32)21-13-7-18(25)8-14-21)22-15-23(29)27(24(22)30)20-11-9-19(26)10-12-20/h2-14,16,22H,15H2,1H3. The first-order chi connectivity index (χ1) is 15.7. The molecule has 3 aromatic rings. The summed E-state index contributed by atoms with van der Waals surface area (Å²) < 4.78 is 29.7. The van der Waals surface area contributed by atoms with Gasteiger partial charge >= 0.3 is 0 Å². The Balaban J connectivity index is 1.79. The molecule has 0 aromatic heterocycles. The zero-order valence-corrected chi connectivity index (χ0v) is 21.3. The molecule has 1 heterocycles. The van der Waals surface area contributed by atoms with Gasteiger partial charge in [-0.15, -0.1) is 0 Å². The highest BCUT2D eigenvalue weighted by Crippen LogP contribution is 2.36. The fraction of sp³-hybridized carbons (Fsp3) is 0.167. The molecule has 9 heteroatoms. The van der Waals surface area contributed by atoms with Crippen LogP contribution in [-0.2, 0) is 19.6 Å². The third kappa shape index (κ3) is 4.70. The molecule has 0 bridgehead atoms. The van der Waals surface area contributed by atoms with Crippen LogP contribution in [0.2, 0.25) is 5.02 Å². The quantitative estimate of drug-likeness (QED) is 0.297. The van der Waals surface area contributed by atoms with Crippen LogP contribution in [0, 0.1) is 3.57 Å². The molecule has 170 valence electrons. The third-order valence-corrected chi connectivity index (χ3v) is 8.53. The molecule has 3 aromatic carbocycles. The molecular weight excluding hydrogens is 575 g/mol. The highest BCUT2D eigenvalue weighted by Gasteiger charge is 2.48. The summed E-state index contributed by atoms with van der Waals surface area (Å²) in [7, 11) is -4.14. The predicted molar refractivity (Wildman–Crippen MR) is 135 cm³/mol. The van der Waals surface area contributed by atoms with E-state index in [2.05, 4.69) is 22.6 Å². The lowest BCUT2D eigenvalue weighted by atomic mass is 10.1. The topological polar surface area (TPSA) is 74.8 Å². The monoisotopic (exact) mass is 594 g/mol. The summed E-state index contributed by atoms with van der Waals surface area (Å²) in [5.74, 6) is -1.01. The van der Waals surface area contributed by atoms with Crippen LogP contribution in [0.5, 0.6) is 0 Å². The van der Waals surface area contributed by atoms with E-state index in [4.69, 9.17) is 11.6 Å². The highest BCUT2D eigenvalue weighted by molar-refractivity contribution is 14.1. The third-order valence-electron chi connectivity index (χ3n) is 5.57. The van der Waals surface area contributed by atoms with Crippen molar-refractivity contribution in [1.29, 1.82) is 0 Å². The highest BCUT2D eigenvalue weighted by atomic mass is 127. The maximum atomic E-state index is 13.8. The van der Waals surface area contributed by atoms with Crippen LogP contribution >= 0.6 is 34.2 Å². The average molecular weight is 595 g/mol. The molecule has 2 unspecified atom stereocenters. The van der Waals surface area contributed by atoms with E-state index < -0.39 is 33.9 Å². The van der Waals surface area contributed by atoms with Crippen LogP contribution in [-0.4, -0.2) is 30.6 Å². The van der Waals surface area contributed by atoms with E-state index >= 15 is 0 Å². The van der Waals surface area contributed by atoms with Gasteiger partial charge in [0.1, 0.15) is 6.04 Å². The van der Waals surface area contributed by atoms with Crippen LogP contribution < -0.4 is 4.90 Å². The molecule has 0 aliphatic carbocycles. The Hall–Kier alpha value is -2.27. The van der Waals surface area contributed by atoms with Crippen molar-refractivity contribution in [1.82, 2.24) is 4.31 Å². The molecule has 0 radical (unpaired) electrons. The Bertz CT molecular complexity index is 1280. The largest absolute Gasteiger partial charge is 0.274 e. The molecule has 33 heavy (non-hydrogen) atoms. The number of anilines is 1. The number of amides is 2. The lowest BCUT2D eigenvalue weighted by Crippen LogP contribution is -2.46. The van der Waals surface area contributed by atoms with Gasteiger partial charge in [-0.25, -0.2) is 13.3 Å². The van der Waals surface area contributed by atoms with Crippen LogP contribution in [0.15, 0.2) is 83.8 Å². The molecule has 2 amide bonds. The summed E-state index contributed by atoms with van der Waals surface area (Å²) in [4.78, 5) is 27.5. The molecule has 0 spiro atoms. The second-order valence-corrected chi connectivity index (χ2v) is 11.2. The zero-order valence-electron chi connectivity index (χ0n) is 17.6. The van der Waals surface area contributed by atoms with Crippen molar-refractivity contribution >= 4 is 61.7 Å². The van der Waals surface area contributed by atoms with Gasteiger partial charge in [0.2, 0.25) is 15.9 Å². The fourth-order valence-electron chi connectivity index (χ4n) is 3.93. The van der Waals surface area contributed by atoms with Gasteiger partial charge in [-0.05, 0) is 83.6 Å². The molecule has 6 nitrogen and oxygen atoms in total. The zero-order chi connectivity index (χ0) is 23.8. The molecular formula is C24H20ClIN2O4S. The van der Waals surface area contributed by atoms with E-state index in [1.54, 1.807) is 55.5 Å². The first kappa shape index (κ1) is 23.9. The molecule has 2 atom stereocenters. The lowest BCUT2D eigenvalue weighted by Gasteiger charge is -2.32. The summed E-state index contributed by atoms with van der Waals surface area (Å²) in [5.41, 5.74) is 1.13. The van der Waals surface area contributed by atoms with E-state index in [9.17, 15) is 18.0 Å². The average Bonchev–Trinajstić information content (AvgIpc) is 3.08. The predicted octanol–water partition coefficient (Wildman–Crippen LogP) is 5.03. The van der Waals surface area contributed by atoms with Gasteiger partial charge in [-0.1, -0.05) is 41.9 Å². The van der Waals surface area contributed by atoms with Gasteiger partial charge in [0.05, 0.1) is 17.0 Å². The summed E-state index contributed by atoms with van der Waals surface area (Å²) in [6, 6.07) is 19.9. The molecule has 0 N–H and O–H groups in total. The minimum absolute atomic E-state index is 0.00245. The fourth-order valence-corrected chi connectivity index (χ4v) is 6.18. The number of benzene rings is 3. The number of carbonyl (C=O) groups excluding carboxylic acids is 2. The van der Waals surface area contributed by atoms with Gasteiger partial charge in [0.15, 0.2) is 0 Å². The first-order valence-corrected chi connectivity index (χ1v) is 13.1. The first-order valence-electron chi connectivity index (χ1n) is 10.2. The summed E-state index contributed by atoms with van der Waals surface area (Å²) in [6.45, 7) is 1.72. The van der Waals surface area contributed by atoms with Crippen molar-refractivity contribution in [2.45, 2.75) is 30.3 Å². The SMILES string of the molecule is CC(c1ccccc1)N(C1CC(=O)N(c2ccc(I)cc2)C1=O)S(=O)(=O)c1ccc(Cl)cc1. The molecule has 4 rings (SSSR count). The lowest BCUT2D eigenvalue weighted by molar-refractivity contribution is -0.122. The Kier molecular flexibility index (Phi) is 6.90. The smallest absolute Gasteiger partial charge is 0.252 e. The van der Waals surface area contributed by atoms with Crippen LogP contribution in [0.1, 0.15) is 24.9 Å². The Morgan fingerprint density at radius 2 is 1.58 bits per heavy atom. The minimum atomic E-state index is -4.14. The number of hydrogen-bond donors (Lipinski definition) is 0. The minimum Gasteiger partial charge on any atom is -0.274 e. The number of nitrogens with zero attached hydrogens (tertiary/aromatic N) is 2. The number of imide groups is 1. The number of rotatable bonds is 6. The summed E-state index contributed by atoms with van der Waals surface area (Å²) in [5, 5.41) is 0.397. The number of carbonyl (C=O) groups is 2. The molecule has 1 fully saturated rings. The normalized spacial score (nSPS) is 17.6. The van der Waals surface area contributed by atoms with Gasteiger partial charge in [-0.3, -0.25) is 9.59 Å². The van der Waals surface area contributed by atoms with Crippen molar-refractivity contribution in [3.63, 3.8) is 0 Å². The van der Waals surface area contributed by atoms with Gasteiger partial charge in [0.25, 0.3) is 5.91 Å². The number of hydrogen-bond acceptors (Lipinski definition) is 4. The van der Waals surface area contributed by atoms with Crippen LogP contribution in [0.4, 0.5) is 5.69 Å². The second kappa shape index (κ2) is 9.54. The van der Waals surface area contributed by atoms with Crippen molar-refractivity contribution in [2.75, 3.05) is 4.90 Å². The molecule has 1 aliphatic rings. The Labute approximate surface area is 211 Å². The second-order valence-electron chi connectivity index (χ2n) is 7.64. The van der Waals surface area contributed by atoms with E-state index in [1.807, 2.05) is 6.07 Å². The van der Waals surface area contributed by atoms with E-state index in [-0.39, 0.29) is 11.3 Å². The van der Waals surface area contributed by atoms with Gasteiger partial charge in [0, 0.05) is 14.6 Å². The molecule has 1 saturated heterocycles. The maximum absolute atomic E-state index is 13.8. The van der Waals surface area contributed by atoms with Crippen molar-refractivity contribution in [2.24, 2.45) is 0 Å².